The van der Waals surface area contributed by atoms with Crippen LogP contribution in [0.2, 0.25) is 0 Å². The molecule has 0 aromatic carbocycles. The normalized spacial score (nSPS) is 56.8. The Hall–Kier alpha value is 0.500. The number of halogens is 2. The summed E-state index contributed by atoms with van der Waals surface area (Å²) in [7, 11) is 2.06. The highest BCUT2D eigenvalue weighted by molar-refractivity contribution is 6.13. The highest BCUT2D eigenvalue weighted by atomic mass is 35.5. The molecule has 9 atom stereocenters. The van der Waals surface area contributed by atoms with Gasteiger partial charge in [-0.25, -0.2) is 8.84 Å². The second-order valence-electron chi connectivity index (χ2n) is 10.9. The maximum absolute atomic E-state index is 6.65. The van der Waals surface area contributed by atoms with Crippen LogP contribution in [0.15, 0.2) is 0 Å². The highest BCUT2D eigenvalue weighted by Gasteiger charge is 2.65. The molecule has 1 spiro atoms. The molecular formula is C22H36Cl2N2. The summed E-state index contributed by atoms with van der Waals surface area (Å²) < 4.78 is 4.14. The second kappa shape index (κ2) is 6.25. The summed E-state index contributed by atoms with van der Waals surface area (Å²) >= 11 is 13.0. The van der Waals surface area contributed by atoms with E-state index in [2.05, 4.69) is 25.3 Å². The molecule has 2 nitrogen and oxygen atoms in total. The molecule has 0 bridgehead atoms. The van der Waals surface area contributed by atoms with E-state index < -0.39 is 0 Å². The first-order valence-corrected chi connectivity index (χ1v) is 11.9. The molecule has 4 aliphatic carbocycles. The topological polar surface area (TPSA) is 6.48 Å². The summed E-state index contributed by atoms with van der Waals surface area (Å²) in [6, 6.07) is 1.18. The molecule has 0 unspecified atom stereocenters. The van der Waals surface area contributed by atoms with Crippen molar-refractivity contribution in [1.82, 2.24) is 8.84 Å². The van der Waals surface area contributed by atoms with Gasteiger partial charge in [-0.2, -0.15) is 0 Å². The fourth-order valence-electron chi connectivity index (χ4n) is 9.07. The molecule has 148 valence electrons. The van der Waals surface area contributed by atoms with Crippen LogP contribution in [0, 0.1) is 40.4 Å². The van der Waals surface area contributed by atoms with Crippen molar-refractivity contribution in [3.8, 4) is 0 Å². The molecule has 5 fully saturated rings. The van der Waals surface area contributed by atoms with Crippen LogP contribution in [0.25, 0.3) is 0 Å². The molecule has 0 aromatic heterocycles. The van der Waals surface area contributed by atoms with Crippen molar-refractivity contribution in [2.45, 2.75) is 83.7 Å². The Labute approximate surface area is 170 Å². The van der Waals surface area contributed by atoms with Gasteiger partial charge in [0.1, 0.15) is 0 Å². The minimum Gasteiger partial charge on any atom is -0.220 e. The summed E-state index contributed by atoms with van der Waals surface area (Å²) in [6.45, 7) is 6.20. The van der Waals surface area contributed by atoms with Crippen molar-refractivity contribution in [3.05, 3.63) is 0 Å². The predicted octanol–water partition coefficient (Wildman–Crippen LogP) is 5.94. The Morgan fingerprint density at radius 2 is 1.73 bits per heavy atom. The lowest BCUT2D eigenvalue weighted by Gasteiger charge is -2.61. The lowest BCUT2D eigenvalue weighted by Crippen LogP contribution is -2.55. The van der Waals surface area contributed by atoms with Gasteiger partial charge in [-0.1, -0.05) is 6.92 Å². The predicted molar refractivity (Wildman–Crippen MR) is 109 cm³/mol. The van der Waals surface area contributed by atoms with Crippen molar-refractivity contribution < 1.29 is 0 Å². The van der Waals surface area contributed by atoms with E-state index in [0.29, 0.717) is 22.9 Å². The van der Waals surface area contributed by atoms with Crippen LogP contribution >= 0.6 is 23.6 Å². The van der Waals surface area contributed by atoms with Crippen molar-refractivity contribution in [1.29, 1.82) is 0 Å². The first-order chi connectivity index (χ1) is 12.4. The fraction of sp³-hybridized carbons (Fsp3) is 1.00. The number of rotatable bonds is 1. The van der Waals surface area contributed by atoms with Gasteiger partial charge in [-0.3, -0.25) is 0 Å². The van der Waals surface area contributed by atoms with E-state index in [9.17, 15) is 0 Å². The molecule has 0 N–H and O–H groups in total. The van der Waals surface area contributed by atoms with Gasteiger partial charge in [0.2, 0.25) is 0 Å². The van der Waals surface area contributed by atoms with Gasteiger partial charge in [-0.15, -0.1) is 0 Å². The van der Waals surface area contributed by atoms with Gasteiger partial charge >= 0.3 is 0 Å². The lowest BCUT2D eigenvalue weighted by molar-refractivity contribution is -0.115. The number of hydrogen-bond acceptors (Lipinski definition) is 2. The van der Waals surface area contributed by atoms with Gasteiger partial charge in [0, 0.05) is 25.7 Å². The lowest BCUT2D eigenvalue weighted by atomic mass is 9.44. The summed E-state index contributed by atoms with van der Waals surface area (Å²) in [5.41, 5.74) is 1.12. The van der Waals surface area contributed by atoms with Crippen LogP contribution < -0.4 is 0 Å². The van der Waals surface area contributed by atoms with Crippen molar-refractivity contribution in [3.63, 3.8) is 0 Å². The summed E-state index contributed by atoms with van der Waals surface area (Å²) in [4.78, 5) is 0. The molecule has 0 aromatic rings. The van der Waals surface area contributed by atoms with Gasteiger partial charge < -0.3 is 0 Å². The zero-order valence-corrected chi connectivity index (χ0v) is 18.3. The summed E-state index contributed by atoms with van der Waals surface area (Å²) in [5.74, 6) is 4.62. The average Bonchev–Trinajstić information content (AvgIpc) is 3.08. The van der Waals surface area contributed by atoms with Gasteiger partial charge in [0.05, 0.1) is 0 Å². The van der Waals surface area contributed by atoms with E-state index in [1.807, 2.05) is 4.42 Å². The van der Waals surface area contributed by atoms with Crippen molar-refractivity contribution >= 4 is 23.6 Å². The largest absolute Gasteiger partial charge is 0.220 e. The Bertz CT molecular complexity index is 568. The minimum absolute atomic E-state index is 0.555. The molecule has 26 heavy (non-hydrogen) atoms. The molecule has 1 heterocycles. The summed E-state index contributed by atoms with van der Waals surface area (Å²) in [6.07, 6.45) is 12.7. The van der Waals surface area contributed by atoms with E-state index in [4.69, 9.17) is 23.6 Å². The number of fused-ring (bicyclic) bond motifs is 4. The second-order valence-corrected chi connectivity index (χ2v) is 11.8. The van der Waals surface area contributed by atoms with Crippen LogP contribution in [0.5, 0.6) is 0 Å². The van der Waals surface area contributed by atoms with Gasteiger partial charge in [0.25, 0.3) is 0 Å². The van der Waals surface area contributed by atoms with E-state index >= 15 is 0 Å². The van der Waals surface area contributed by atoms with E-state index in [1.165, 1.54) is 57.8 Å². The maximum Gasteiger partial charge on any atom is 0.0257 e. The standard InChI is InChI=1S/C22H36Cl2N2/c1-14-18-6-7-20-17-5-4-15-12-16(25(3)23)8-10-21(15,2)19(17)9-11-22(18,20)13-26(14)24/h14-20H,4-13H2,1-3H3/t14-,15-,16-,17+,18+,19-,20-,21-,22-/m0/s1. The van der Waals surface area contributed by atoms with Gasteiger partial charge in [-0.05, 0) is 129 Å². The van der Waals surface area contributed by atoms with Crippen LogP contribution in [-0.4, -0.2) is 34.5 Å². The highest BCUT2D eigenvalue weighted by Crippen LogP contribution is 2.70. The Morgan fingerprint density at radius 3 is 2.50 bits per heavy atom. The quantitative estimate of drug-likeness (QED) is 0.504. The van der Waals surface area contributed by atoms with Crippen LogP contribution in [0.3, 0.4) is 0 Å². The first kappa shape index (κ1) is 18.5. The maximum atomic E-state index is 6.65. The summed E-state index contributed by atoms with van der Waals surface area (Å²) in [5, 5.41) is 0. The number of nitrogens with zero attached hydrogens (tertiary/aromatic N) is 2. The van der Waals surface area contributed by atoms with E-state index in [-0.39, 0.29) is 0 Å². The first-order valence-electron chi connectivity index (χ1n) is 11.2. The minimum atomic E-state index is 0.555. The zero-order valence-electron chi connectivity index (χ0n) is 16.8. The molecule has 5 rings (SSSR count). The number of hydrogen-bond donors (Lipinski definition) is 0. The zero-order chi connectivity index (χ0) is 18.3. The molecule has 5 aliphatic rings. The molecule has 4 heteroatoms. The smallest absolute Gasteiger partial charge is 0.0257 e. The Morgan fingerprint density at radius 1 is 0.962 bits per heavy atom. The van der Waals surface area contributed by atoms with E-state index in [1.54, 1.807) is 0 Å². The van der Waals surface area contributed by atoms with Crippen LogP contribution in [0.4, 0.5) is 0 Å². The third-order valence-electron chi connectivity index (χ3n) is 10.4. The van der Waals surface area contributed by atoms with E-state index in [0.717, 1.165) is 36.1 Å². The molecule has 1 aliphatic heterocycles. The molecule has 1 saturated heterocycles. The molecular weight excluding hydrogens is 363 g/mol. The van der Waals surface area contributed by atoms with Crippen molar-refractivity contribution in [2.75, 3.05) is 13.6 Å². The third-order valence-corrected chi connectivity index (χ3v) is 11.1. The Kier molecular flexibility index (Phi) is 4.45. The van der Waals surface area contributed by atoms with Crippen LogP contribution in [-0.2, 0) is 0 Å². The molecule has 4 saturated carbocycles. The molecule has 0 amide bonds. The monoisotopic (exact) mass is 398 g/mol. The SMILES string of the molecule is C[C@H]1[C@H]2CC[C@H]3[C@@H]4CC[C@H]5C[C@@H](N(C)Cl)CC[C@]5(C)[C@H]4CC[C@]23CN1Cl. The third kappa shape index (κ3) is 2.37. The van der Waals surface area contributed by atoms with Crippen LogP contribution in [0.1, 0.15) is 71.6 Å². The van der Waals surface area contributed by atoms with Gasteiger partial charge in [0.15, 0.2) is 0 Å². The Balaban J connectivity index is 1.41. The fourth-order valence-corrected chi connectivity index (χ4v) is 9.60. The average molecular weight is 399 g/mol. The molecule has 0 radical (unpaired) electrons. The van der Waals surface area contributed by atoms with Crippen molar-refractivity contribution in [2.24, 2.45) is 40.4 Å².